The number of carbonyl (C=O) groups excluding carboxylic acids is 1. The van der Waals surface area contributed by atoms with Crippen LogP contribution in [0.25, 0.3) is 0 Å². The molecule has 1 aromatic rings. The number of amides is 1. The molecule has 0 radical (unpaired) electrons. The Bertz CT molecular complexity index is 619. The van der Waals surface area contributed by atoms with E-state index in [2.05, 4.69) is 6.92 Å². The van der Waals surface area contributed by atoms with E-state index < -0.39 is 12.1 Å². The molecule has 0 unspecified atom stereocenters. The summed E-state index contributed by atoms with van der Waals surface area (Å²) in [4.78, 5) is 14.4. The third kappa shape index (κ3) is 2.68. The van der Waals surface area contributed by atoms with Gasteiger partial charge in [0.05, 0.1) is 12.1 Å². The molecule has 0 aliphatic carbocycles. The first-order valence-corrected chi connectivity index (χ1v) is 8.43. The minimum absolute atomic E-state index is 0.0691. The lowest BCUT2D eigenvalue weighted by Crippen LogP contribution is -2.46. The van der Waals surface area contributed by atoms with Crippen LogP contribution >= 0.6 is 0 Å². The van der Waals surface area contributed by atoms with Gasteiger partial charge >= 0.3 is 6.09 Å². The largest absolute Gasteiger partial charge is 0.445 e. The van der Waals surface area contributed by atoms with Gasteiger partial charge in [-0.25, -0.2) is 4.79 Å². The minimum Gasteiger partial charge on any atom is -0.445 e. The van der Waals surface area contributed by atoms with E-state index in [4.69, 9.17) is 18.9 Å². The number of ether oxygens (including phenoxy) is 4. The van der Waals surface area contributed by atoms with Crippen LogP contribution in [-0.2, 0) is 25.6 Å². The van der Waals surface area contributed by atoms with Crippen LogP contribution in [0.3, 0.4) is 0 Å². The minimum atomic E-state index is -0.689. The van der Waals surface area contributed by atoms with Gasteiger partial charge in [-0.3, -0.25) is 4.90 Å². The van der Waals surface area contributed by atoms with Crippen LogP contribution < -0.4 is 0 Å². The number of fused-ring (bicyclic) bond motifs is 3. The number of hydrogen-bond acceptors (Lipinski definition) is 5. The van der Waals surface area contributed by atoms with Gasteiger partial charge in [-0.1, -0.05) is 37.3 Å². The summed E-state index contributed by atoms with van der Waals surface area (Å²) in [5.74, 6) is -0.466. The molecule has 1 amide bonds. The van der Waals surface area contributed by atoms with Crippen molar-refractivity contribution in [1.29, 1.82) is 0 Å². The summed E-state index contributed by atoms with van der Waals surface area (Å²) in [5.41, 5.74) is 0.969. The Morgan fingerprint density at radius 2 is 2.00 bits per heavy atom. The van der Waals surface area contributed by atoms with Gasteiger partial charge in [0, 0.05) is 12.5 Å². The first-order chi connectivity index (χ1) is 11.4. The summed E-state index contributed by atoms with van der Waals surface area (Å²) < 4.78 is 23.3. The molecule has 0 aromatic heterocycles. The van der Waals surface area contributed by atoms with Crippen molar-refractivity contribution in [1.82, 2.24) is 4.90 Å². The van der Waals surface area contributed by atoms with E-state index >= 15 is 0 Å². The molecular weight excluding hydrogens is 310 g/mol. The molecule has 0 saturated carbocycles. The Morgan fingerprint density at radius 1 is 1.25 bits per heavy atom. The number of likely N-dealkylation sites (tertiary alicyclic amines) is 1. The first-order valence-electron chi connectivity index (χ1n) is 8.43. The number of nitrogens with zero attached hydrogens (tertiary/aromatic N) is 1. The average molecular weight is 333 g/mol. The average Bonchev–Trinajstić information content (AvgIpc) is 3.14. The molecule has 3 heterocycles. The van der Waals surface area contributed by atoms with E-state index in [1.54, 1.807) is 4.90 Å². The lowest BCUT2D eigenvalue weighted by atomic mass is 10.0. The van der Waals surface area contributed by atoms with E-state index in [1.165, 1.54) is 0 Å². The Labute approximate surface area is 141 Å². The molecule has 3 aliphatic rings. The van der Waals surface area contributed by atoms with E-state index in [9.17, 15) is 4.79 Å². The second kappa shape index (κ2) is 5.72. The maximum Gasteiger partial charge on any atom is 0.410 e. The van der Waals surface area contributed by atoms with Crippen LogP contribution in [0.5, 0.6) is 0 Å². The van der Waals surface area contributed by atoms with Crippen molar-refractivity contribution in [3.05, 3.63) is 35.9 Å². The molecule has 6 nitrogen and oxygen atoms in total. The fourth-order valence-electron chi connectivity index (χ4n) is 3.88. The van der Waals surface area contributed by atoms with E-state index in [-0.39, 0.29) is 36.9 Å². The molecule has 130 valence electrons. The number of hydrogen-bond donors (Lipinski definition) is 0. The second-order valence-corrected chi connectivity index (χ2v) is 7.23. The summed E-state index contributed by atoms with van der Waals surface area (Å²) in [6, 6.07) is 9.51. The summed E-state index contributed by atoms with van der Waals surface area (Å²) in [6.07, 6.45) is -1.07. The van der Waals surface area contributed by atoms with Crippen molar-refractivity contribution in [2.24, 2.45) is 5.92 Å². The zero-order valence-corrected chi connectivity index (χ0v) is 14.2. The highest BCUT2D eigenvalue weighted by Crippen LogP contribution is 2.44. The Kier molecular flexibility index (Phi) is 3.78. The van der Waals surface area contributed by atoms with Crippen LogP contribution in [0.4, 0.5) is 4.79 Å². The zero-order chi connectivity index (χ0) is 16.9. The van der Waals surface area contributed by atoms with E-state index in [1.807, 2.05) is 44.2 Å². The molecule has 1 aromatic carbocycles. The second-order valence-electron chi connectivity index (χ2n) is 7.23. The smallest absolute Gasteiger partial charge is 0.410 e. The van der Waals surface area contributed by atoms with Gasteiger partial charge in [0.15, 0.2) is 12.1 Å². The fourth-order valence-corrected chi connectivity index (χ4v) is 3.88. The number of benzene rings is 1. The van der Waals surface area contributed by atoms with Crippen molar-refractivity contribution in [3.63, 3.8) is 0 Å². The SMILES string of the molecule is C[C@H]1CN(C(=O)OCc2ccccc2)[C@@H]2[C@H]3OC(C)(C)O[C@H]3O[C@@H]21. The van der Waals surface area contributed by atoms with Crippen molar-refractivity contribution in [2.45, 2.75) is 57.7 Å². The van der Waals surface area contributed by atoms with Crippen molar-refractivity contribution in [2.75, 3.05) is 6.54 Å². The van der Waals surface area contributed by atoms with Crippen LogP contribution in [0.15, 0.2) is 30.3 Å². The molecular formula is C18H23NO5. The van der Waals surface area contributed by atoms with E-state index in [0.29, 0.717) is 6.54 Å². The van der Waals surface area contributed by atoms with Crippen LogP contribution in [-0.4, -0.2) is 47.9 Å². The van der Waals surface area contributed by atoms with Crippen molar-refractivity contribution < 1.29 is 23.7 Å². The quantitative estimate of drug-likeness (QED) is 0.832. The molecule has 0 bridgehead atoms. The van der Waals surface area contributed by atoms with Gasteiger partial charge in [-0.15, -0.1) is 0 Å². The molecule has 24 heavy (non-hydrogen) atoms. The standard InChI is InChI=1S/C18H23NO5/c1-11-9-19(17(20)21-10-12-7-5-4-6-8-12)13-14(11)22-16-15(13)23-18(2,3)24-16/h4-8,11,13-16H,9-10H2,1-3H3/t11-,13-,14+,15+,16+/m0/s1. The number of rotatable bonds is 2. The lowest BCUT2D eigenvalue weighted by Gasteiger charge is -2.27. The highest BCUT2D eigenvalue weighted by Gasteiger charge is 2.61. The number of carbonyl (C=O) groups is 1. The van der Waals surface area contributed by atoms with Crippen LogP contribution in [0.2, 0.25) is 0 Å². The molecule has 0 N–H and O–H groups in total. The summed E-state index contributed by atoms with van der Waals surface area (Å²) in [5, 5.41) is 0. The van der Waals surface area contributed by atoms with Crippen LogP contribution in [0.1, 0.15) is 26.3 Å². The lowest BCUT2D eigenvalue weighted by molar-refractivity contribution is -0.209. The predicted molar refractivity (Wildman–Crippen MR) is 85.0 cm³/mol. The molecule has 5 atom stereocenters. The Balaban J connectivity index is 1.46. The molecule has 3 saturated heterocycles. The van der Waals surface area contributed by atoms with Gasteiger partial charge in [-0.2, -0.15) is 0 Å². The van der Waals surface area contributed by atoms with Crippen molar-refractivity contribution >= 4 is 6.09 Å². The summed E-state index contributed by atoms with van der Waals surface area (Å²) >= 11 is 0. The Morgan fingerprint density at radius 3 is 2.75 bits per heavy atom. The molecule has 4 rings (SSSR count). The first kappa shape index (κ1) is 15.9. The Hall–Kier alpha value is -1.63. The zero-order valence-electron chi connectivity index (χ0n) is 14.2. The van der Waals surface area contributed by atoms with E-state index in [0.717, 1.165) is 5.56 Å². The summed E-state index contributed by atoms with van der Waals surface area (Å²) in [7, 11) is 0. The van der Waals surface area contributed by atoms with Gasteiger partial charge in [-0.05, 0) is 19.4 Å². The monoisotopic (exact) mass is 333 g/mol. The van der Waals surface area contributed by atoms with Gasteiger partial charge in [0.1, 0.15) is 12.7 Å². The van der Waals surface area contributed by atoms with Gasteiger partial charge in [0.2, 0.25) is 0 Å². The maximum absolute atomic E-state index is 12.6. The third-order valence-electron chi connectivity index (χ3n) is 4.90. The normalized spacial score (nSPS) is 36.5. The van der Waals surface area contributed by atoms with Gasteiger partial charge < -0.3 is 18.9 Å². The molecule has 6 heteroatoms. The molecule has 0 spiro atoms. The fraction of sp³-hybridized carbons (Fsp3) is 0.611. The highest BCUT2D eigenvalue weighted by molar-refractivity contribution is 5.69. The molecule has 3 aliphatic heterocycles. The van der Waals surface area contributed by atoms with Crippen LogP contribution in [0, 0.1) is 5.92 Å². The summed E-state index contributed by atoms with van der Waals surface area (Å²) in [6.45, 7) is 6.67. The van der Waals surface area contributed by atoms with Crippen molar-refractivity contribution in [3.8, 4) is 0 Å². The predicted octanol–water partition coefficient (Wildman–Crippen LogP) is 2.52. The topological polar surface area (TPSA) is 57.2 Å². The maximum atomic E-state index is 12.6. The van der Waals surface area contributed by atoms with Gasteiger partial charge in [0.25, 0.3) is 0 Å². The highest BCUT2D eigenvalue weighted by atomic mass is 16.8. The molecule has 3 fully saturated rings. The third-order valence-corrected chi connectivity index (χ3v) is 4.90.